The lowest BCUT2D eigenvalue weighted by Gasteiger charge is -2.26. The molecule has 6 heteroatoms. The fourth-order valence-electron chi connectivity index (χ4n) is 2.19. The lowest BCUT2D eigenvalue weighted by Crippen LogP contribution is -2.38. The molecule has 22 heavy (non-hydrogen) atoms. The van der Waals surface area contributed by atoms with Crippen LogP contribution in [0.3, 0.4) is 0 Å². The third-order valence-electron chi connectivity index (χ3n) is 3.42. The number of nitrogens with one attached hydrogen (secondary N) is 1. The van der Waals surface area contributed by atoms with Crippen molar-refractivity contribution < 1.29 is 9.53 Å². The first-order chi connectivity index (χ1) is 10.6. The van der Waals surface area contributed by atoms with Gasteiger partial charge in [0, 0.05) is 25.7 Å². The Morgan fingerprint density at radius 3 is 2.77 bits per heavy atom. The number of benzene rings is 1. The molecule has 0 radical (unpaired) electrons. The molecule has 1 saturated heterocycles. The first-order valence-corrected chi connectivity index (χ1v) is 8.12. The summed E-state index contributed by atoms with van der Waals surface area (Å²) >= 11 is 11.8. The fourth-order valence-corrected chi connectivity index (χ4v) is 2.49. The van der Waals surface area contributed by atoms with E-state index in [2.05, 4.69) is 10.2 Å². The molecule has 120 valence electrons. The summed E-state index contributed by atoms with van der Waals surface area (Å²) in [6.07, 6.45) is 4.17. The Morgan fingerprint density at radius 1 is 1.27 bits per heavy atom. The number of rotatable bonds is 6. The van der Waals surface area contributed by atoms with Crippen molar-refractivity contribution in [3.8, 4) is 0 Å². The van der Waals surface area contributed by atoms with Crippen LogP contribution in [0.1, 0.15) is 12.0 Å². The number of hydrogen-bond acceptors (Lipinski definition) is 3. The number of halogens is 2. The molecule has 0 aromatic heterocycles. The summed E-state index contributed by atoms with van der Waals surface area (Å²) < 4.78 is 5.30. The van der Waals surface area contributed by atoms with Gasteiger partial charge in [-0.15, -0.1) is 0 Å². The van der Waals surface area contributed by atoms with Gasteiger partial charge in [-0.05, 0) is 36.7 Å². The second-order valence-corrected chi connectivity index (χ2v) is 5.92. The summed E-state index contributed by atoms with van der Waals surface area (Å²) in [6, 6.07) is 5.26. The molecule has 4 nitrogen and oxygen atoms in total. The molecule has 0 aliphatic carbocycles. The van der Waals surface area contributed by atoms with Gasteiger partial charge in [-0.3, -0.25) is 9.69 Å². The molecule has 1 heterocycles. The highest BCUT2D eigenvalue weighted by Gasteiger charge is 2.09. The van der Waals surface area contributed by atoms with Crippen molar-refractivity contribution >= 4 is 35.2 Å². The molecule has 1 aromatic rings. The number of morpholine rings is 1. The Morgan fingerprint density at radius 2 is 2.05 bits per heavy atom. The zero-order valence-corrected chi connectivity index (χ0v) is 13.9. The highest BCUT2D eigenvalue weighted by molar-refractivity contribution is 6.42. The summed E-state index contributed by atoms with van der Waals surface area (Å²) in [4.78, 5) is 14.1. The predicted molar refractivity (Wildman–Crippen MR) is 90.4 cm³/mol. The normalized spacial score (nSPS) is 16.1. The molecule has 0 atom stereocenters. The van der Waals surface area contributed by atoms with Crippen molar-refractivity contribution in [2.75, 3.05) is 39.4 Å². The van der Waals surface area contributed by atoms with E-state index in [1.165, 1.54) is 6.08 Å². The zero-order valence-electron chi connectivity index (χ0n) is 12.4. The number of ether oxygens (including phenoxy) is 1. The smallest absolute Gasteiger partial charge is 0.243 e. The van der Waals surface area contributed by atoms with Gasteiger partial charge in [0.1, 0.15) is 0 Å². The standard InChI is InChI=1S/C16H20Cl2N2O2/c17-14-4-2-13(12-15(14)18)3-5-16(21)19-6-1-7-20-8-10-22-11-9-20/h2-5,12H,1,6-11H2,(H,19,21)/b5-3+. The fraction of sp³-hybridized carbons (Fsp3) is 0.438. The van der Waals surface area contributed by atoms with Gasteiger partial charge in [-0.25, -0.2) is 0 Å². The molecule has 1 aliphatic heterocycles. The van der Waals surface area contributed by atoms with Crippen LogP contribution in [0.5, 0.6) is 0 Å². The van der Waals surface area contributed by atoms with Crippen molar-refractivity contribution in [3.05, 3.63) is 39.9 Å². The third-order valence-corrected chi connectivity index (χ3v) is 4.16. The Kier molecular flexibility index (Phi) is 7.19. The van der Waals surface area contributed by atoms with Gasteiger partial charge in [0.25, 0.3) is 0 Å². The van der Waals surface area contributed by atoms with E-state index < -0.39 is 0 Å². The molecule has 1 aromatic carbocycles. The van der Waals surface area contributed by atoms with Gasteiger partial charge in [0.05, 0.1) is 23.3 Å². The average molecular weight is 343 g/mol. The maximum atomic E-state index is 11.7. The van der Waals surface area contributed by atoms with Crippen molar-refractivity contribution in [2.45, 2.75) is 6.42 Å². The summed E-state index contributed by atoms with van der Waals surface area (Å²) in [5.41, 5.74) is 0.845. The maximum Gasteiger partial charge on any atom is 0.243 e. The summed E-state index contributed by atoms with van der Waals surface area (Å²) in [5.74, 6) is -0.104. The Bertz CT molecular complexity index is 529. The van der Waals surface area contributed by atoms with Crippen LogP contribution in [-0.4, -0.2) is 50.2 Å². The monoisotopic (exact) mass is 342 g/mol. The zero-order chi connectivity index (χ0) is 15.8. The van der Waals surface area contributed by atoms with Crippen molar-refractivity contribution in [1.29, 1.82) is 0 Å². The minimum atomic E-state index is -0.104. The van der Waals surface area contributed by atoms with E-state index >= 15 is 0 Å². The molecule has 1 fully saturated rings. The second-order valence-electron chi connectivity index (χ2n) is 5.11. The van der Waals surface area contributed by atoms with Gasteiger partial charge < -0.3 is 10.1 Å². The number of carbonyl (C=O) groups is 1. The van der Waals surface area contributed by atoms with Crippen LogP contribution in [0, 0.1) is 0 Å². The quantitative estimate of drug-likeness (QED) is 0.638. The van der Waals surface area contributed by atoms with E-state index in [0.29, 0.717) is 16.6 Å². The highest BCUT2D eigenvalue weighted by Crippen LogP contribution is 2.22. The topological polar surface area (TPSA) is 41.6 Å². The molecule has 1 aliphatic rings. The second kappa shape index (κ2) is 9.16. The number of carbonyl (C=O) groups excluding carboxylic acids is 1. The number of hydrogen-bond donors (Lipinski definition) is 1. The molecule has 1 N–H and O–H groups in total. The van der Waals surface area contributed by atoms with E-state index in [0.717, 1.165) is 44.8 Å². The average Bonchev–Trinajstić information content (AvgIpc) is 2.54. The van der Waals surface area contributed by atoms with Crippen LogP contribution >= 0.6 is 23.2 Å². The van der Waals surface area contributed by atoms with Crippen LogP contribution in [0.2, 0.25) is 10.0 Å². The SMILES string of the molecule is O=C(/C=C/c1ccc(Cl)c(Cl)c1)NCCCN1CCOCC1. The summed E-state index contributed by atoms with van der Waals surface area (Å²) in [7, 11) is 0. The Labute approximate surface area is 141 Å². The Balaban J connectivity index is 1.66. The largest absolute Gasteiger partial charge is 0.379 e. The molecular formula is C16H20Cl2N2O2. The minimum absolute atomic E-state index is 0.104. The van der Waals surface area contributed by atoms with Crippen LogP contribution < -0.4 is 5.32 Å². The first kappa shape index (κ1) is 17.3. The molecule has 0 unspecified atom stereocenters. The molecule has 1 amide bonds. The molecular weight excluding hydrogens is 323 g/mol. The van der Waals surface area contributed by atoms with Crippen molar-refractivity contribution in [2.24, 2.45) is 0 Å². The Hall–Kier alpha value is -1.07. The van der Waals surface area contributed by atoms with Gasteiger partial charge in [0.15, 0.2) is 0 Å². The van der Waals surface area contributed by atoms with Gasteiger partial charge in [0.2, 0.25) is 5.91 Å². The highest BCUT2D eigenvalue weighted by atomic mass is 35.5. The van der Waals surface area contributed by atoms with Crippen LogP contribution in [0.15, 0.2) is 24.3 Å². The van der Waals surface area contributed by atoms with E-state index in [1.807, 2.05) is 6.07 Å². The lowest BCUT2D eigenvalue weighted by molar-refractivity contribution is -0.116. The van der Waals surface area contributed by atoms with E-state index in [9.17, 15) is 4.79 Å². The predicted octanol–water partition coefficient (Wildman–Crippen LogP) is 2.85. The minimum Gasteiger partial charge on any atom is -0.379 e. The number of nitrogens with zero attached hydrogens (tertiary/aromatic N) is 1. The van der Waals surface area contributed by atoms with E-state index in [1.54, 1.807) is 18.2 Å². The molecule has 0 saturated carbocycles. The van der Waals surface area contributed by atoms with Crippen LogP contribution in [0.25, 0.3) is 6.08 Å². The molecule has 0 bridgehead atoms. The van der Waals surface area contributed by atoms with Crippen molar-refractivity contribution in [1.82, 2.24) is 10.2 Å². The van der Waals surface area contributed by atoms with Crippen LogP contribution in [-0.2, 0) is 9.53 Å². The maximum absolute atomic E-state index is 11.7. The van der Waals surface area contributed by atoms with E-state index in [-0.39, 0.29) is 5.91 Å². The summed E-state index contributed by atoms with van der Waals surface area (Å²) in [5, 5.41) is 3.86. The number of amides is 1. The van der Waals surface area contributed by atoms with Gasteiger partial charge >= 0.3 is 0 Å². The lowest BCUT2D eigenvalue weighted by atomic mass is 10.2. The first-order valence-electron chi connectivity index (χ1n) is 7.36. The van der Waals surface area contributed by atoms with Crippen molar-refractivity contribution in [3.63, 3.8) is 0 Å². The van der Waals surface area contributed by atoms with Gasteiger partial charge in [-0.2, -0.15) is 0 Å². The molecule has 2 rings (SSSR count). The van der Waals surface area contributed by atoms with Gasteiger partial charge in [-0.1, -0.05) is 29.3 Å². The summed E-state index contributed by atoms with van der Waals surface area (Å²) in [6.45, 7) is 5.22. The van der Waals surface area contributed by atoms with E-state index in [4.69, 9.17) is 27.9 Å². The third kappa shape index (κ3) is 5.97. The molecule has 0 spiro atoms. The van der Waals surface area contributed by atoms with Crippen LogP contribution in [0.4, 0.5) is 0 Å².